The van der Waals surface area contributed by atoms with Crippen LogP contribution in [0.4, 0.5) is 4.39 Å². The highest BCUT2D eigenvalue weighted by atomic mass is 35.5. The van der Waals surface area contributed by atoms with E-state index >= 15 is 4.39 Å². The molecule has 2 fully saturated rings. The molecule has 2 aromatic carbocycles. The molecule has 2 saturated heterocycles. The minimum atomic E-state index is -0.778. The zero-order valence-electron chi connectivity index (χ0n) is 23.3. The molecular formula is C29H34Cl2FN5O4. The molecule has 41 heavy (non-hydrogen) atoms. The molecule has 2 amide bonds. The van der Waals surface area contributed by atoms with Crippen LogP contribution in [-0.2, 0) is 4.79 Å². The van der Waals surface area contributed by atoms with Crippen molar-refractivity contribution in [2.24, 2.45) is 5.92 Å². The Morgan fingerprint density at radius 3 is 2.17 bits per heavy atom. The number of methoxy groups -OCH3 is 2. The van der Waals surface area contributed by atoms with Gasteiger partial charge >= 0.3 is 0 Å². The highest BCUT2D eigenvalue weighted by Gasteiger charge is 2.38. The standard InChI is InChI=1S/C29H34Cl2FN5O4/c1-34-25(21-8-9-22(40-2)26(41-3)23(21)32)24(37(31)29(34)30)18-4-6-19(7-5-18)27(38)35-14-16-36(17-15-35)28(39)20-10-12-33-13-11-20/h4-9,20,29,33H,10-17H2,1-3H3. The number of benzene rings is 2. The number of nitrogens with zero attached hydrogens (tertiary/aromatic N) is 4. The van der Waals surface area contributed by atoms with Gasteiger partial charge in [0.15, 0.2) is 22.9 Å². The lowest BCUT2D eigenvalue weighted by Gasteiger charge is -2.37. The second-order valence-corrected chi connectivity index (χ2v) is 11.1. The third kappa shape index (κ3) is 5.52. The minimum absolute atomic E-state index is 0.0251. The van der Waals surface area contributed by atoms with Crippen LogP contribution in [0.1, 0.15) is 34.3 Å². The third-order valence-electron chi connectivity index (χ3n) is 8.01. The number of hydrogen-bond donors (Lipinski definition) is 1. The molecule has 3 aliphatic rings. The fraction of sp³-hybridized carbons (Fsp3) is 0.448. The molecule has 0 aromatic heterocycles. The van der Waals surface area contributed by atoms with Gasteiger partial charge in [-0.05, 0) is 50.2 Å². The van der Waals surface area contributed by atoms with Crippen molar-refractivity contribution in [3.05, 3.63) is 58.9 Å². The monoisotopic (exact) mass is 605 g/mol. The summed E-state index contributed by atoms with van der Waals surface area (Å²) in [6, 6.07) is 10.2. The molecular weight excluding hydrogens is 572 g/mol. The molecule has 5 rings (SSSR count). The first-order chi connectivity index (χ1) is 19.8. The molecule has 1 unspecified atom stereocenters. The summed E-state index contributed by atoms with van der Waals surface area (Å²) in [5.41, 5.74) is 1.59. The maximum absolute atomic E-state index is 15.6. The van der Waals surface area contributed by atoms with E-state index in [-0.39, 0.29) is 34.8 Å². The predicted molar refractivity (Wildman–Crippen MR) is 156 cm³/mol. The van der Waals surface area contributed by atoms with Crippen molar-refractivity contribution in [2.75, 3.05) is 60.5 Å². The van der Waals surface area contributed by atoms with E-state index in [1.165, 1.54) is 18.6 Å². The highest BCUT2D eigenvalue weighted by molar-refractivity contribution is 6.29. The average molecular weight is 607 g/mol. The van der Waals surface area contributed by atoms with E-state index in [0.29, 0.717) is 48.7 Å². The quantitative estimate of drug-likeness (QED) is 0.304. The van der Waals surface area contributed by atoms with E-state index in [1.54, 1.807) is 53.2 Å². The number of carbonyl (C=O) groups excluding carboxylic acids is 2. The van der Waals surface area contributed by atoms with Gasteiger partial charge in [-0.25, -0.2) is 8.81 Å². The molecule has 0 spiro atoms. The Labute approximate surface area is 249 Å². The van der Waals surface area contributed by atoms with Gasteiger partial charge in [0.05, 0.1) is 25.6 Å². The Bertz CT molecular complexity index is 1330. The van der Waals surface area contributed by atoms with Crippen molar-refractivity contribution in [1.29, 1.82) is 0 Å². The SMILES string of the molecule is COc1ccc(C2=C(c3ccc(C(=O)N4CCN(C(=O)C5CCNCC5)CC4)cc3)N(Cl)C(Cl)N2C)c(F)c1OC. The van der Waals surface area contributed by atoms with Crippen LogP contribution in [0.2, 0.25) is 0 Å². The number of ether oxygens (including phenoxy) is 2. The van der Waals surface area contributed by atoms with E-state index < -0.39 is 11.4 Å². The van der Waals surface area contributed by atoms with Crippen molar-refractivity contribution in [1.82, 2.24) is 24.4 Å². The third-order valence-corrected chi connectivity index (χ3v) is 8.95. The predicted octanol–water partition coefficient (Wildman–Crippen LogP) is 3.88. The Morgan fingerprint density at radius 1 is 0.927 bits per heavy atom. The summed E-state index contributed by atoms with van der Waals surface area (Å²) in [6.45, 7) is 3.78. The van der Waals surface area contributed by atoms with Crippen molar-refractivity contribution in [3.63, 3.8) is 0 Å². The number of carbonyl (C=O) groups is 2. The van der Waals surface area contributed by atoms with Crippen LogP contribution in [0.15, 0.2) is 36.4 Å². The fourth-order valence-corrected chi connectivity index (χ4v) is 6.20. The molecule has 220 valence electrons. The average Bonchev–Trinajstić information content (AvgIpc) is 3.24. The lowest BCUT2D eigenvalue weighted by Crippen LogP contribution is -2.52. The molecule has 3 heterocycles. The van der Waals surface area contributed by atoms with Gasteiger partial charge in [0.1, 0.15) is 0 Å². The number of alkyl halides is 1. The summed E-state index contributed by atoms with van der Waals surface area (Å²) in [6.07, 6.45) is 1.72. The number of hydrogen-bond acceptors (Lipinski definition) is 7. The molecule has 12 heteroatoms. The van der Waals surface area contributed by atoms with Gasteiger partial charge in [-0.1, -0.05) is 23.7 Å². The van der Waals surface area contributed by atoms with Gasteiger partial charge < -0.3 is 29.5 Å². The van der Waals surface area contributed by atoms with Crippen LogP contribution in [0.3, 0.4) is 0 Å². The van der Waals surface area contributed by atoms with Crippen LogP contribution in [-0.4, -0.2) is 97.1 Å². The van der Waals surface area contributed by atoms with Crippen molar-refractivity contribution < 1.29 is 23.5 Å². The first-order valence-corrected chi connectivity index (χ1v) is 14.4. The molecule has 1 atom stereocenters. The summed E-state index contributed by atoms with van der Waals surface area (Å²) >= 11 is 13.2. The molecule has 2 aromatic rings. The highest BCUT2D eigenvalue weighted by Crippen LogP contribution is 2.45. The number of piperazine rings is 1. The normalized spacial score (nSPS) is 20.1. The second-order valence-electron chi connectivity index (χ2n) is 10.3. The number of piperidine rings is 1. The molecule has 3 aliphatic heterocycles. The van der Waals surface area contributed by atoms with Gasteiger partial charge in [-0.2, -0.15) is 0 Å². The van der Waals surface area contributed by atoms with Crippen LogP contribution in [0.5, 0.6) is 11.5 Å². The summed E-state index contributed by atoms with van der Waals surface area (Å²) in [5.74, 6) is -0.202. The van der Waals surface area contributed by atoms with Gasteiger partial charge in [-0.15, -0.1) is 0 Å². The Kier molecular flexibility index (Phi) is 8.82. The lowest BCUT2D eigenvalue weighted by molar-refractivity contribution is -0.137. The Morgan fingerprint density at radius 2 is 1.56 bits per heavy atom. The van der Waals surface area contributed by atoms with Gasteiger partial charge in [0.25, 0.3) is 5.91 Å². The topological polar surface area (TPSA) is 77.6 Å². The van der Waals surface area contributed by atoms with Crippen molar-refractivity contribution >= 4 is 46.6 Å². The number of nitrogens with one attached hydrogen (secondary N) is 1. The fourth-order valence-electron chi connectivity index (χ4n) is 5.69. The molecule has 0 bridgehead atoms. The smallest absolute Gasteiger partial charge is 0.253 e. The van der Waals surface area contributed by atoms with Crippen LogP contribution < -0.4 is 14.8 Å². The van der Waals surface area contributed by atoms with Crippen molar-refractivity contribution in [3.8, 4) is 11.5 Å². The van der Waals surface area contributed by atoms with E-state index in [1.807, 2.05) is 4.90 Å². The summed E-state index contributed by atoms with van der Waals surface area (Å²) in [4.78, 5) is 31.5. The Hall–Kier alpha value is -3.21. The second kappa shape index (κ2) is 12.3. The minimum Gasteiger partial charge on any atom is -0.493 e. The number of rotatable bonds is 6. The lowest BCUT2D eigenvalue weighted by atomic mass is 9.96. The van der Waals surface area contributed by atoms with Crippen LogP contribution >= 0.6 is 23.4 Å². The zero-order chi connectivity index (χ0) is 29.3. The largest absolute Gasteiger partial charge is 0.493 e. The van der Waals surface area contributed by atoms with Crippen LogP contribution in [0, 0.1) is 11.7 Å². The summed E-state index contributed by atoms with van der Waals surface area (Å²) in [5, 5.41) is 3.29. The summed E-state index contributed by atoms with van der Waals surface area (Å²) in [7, 11) is 4.54. The van der Waals surface area contributed by atoms with Crippen molar-refractivity contribution in [2.45, 2.75) is 18.5 Å². The first-order valence-electron chi connectivity index (χ1n) is 13.6. The summed E-state index contributed by atoms with van der Waals surface area (Å²) < 4.78 is 27.4. The number of amides is 2. The Balaban J connectivity index is 1.35. The van der Waals surface area contributed by atoms with E-state index in [4.69, 9.17) is 32.9 Å². The van der Waals surface area contributed by atoms with E-state index in [9.17, 15) is 9.59 Å². The maximum atomic E-state index is 15.6. The van der Waals surface area contributed by atoms with Crippen LogP contribution in [0.25, 0.3) is 11.4 Å². The van der Waals surface area contributed by atoms with Gasteiger partial charge in [0.2, 0.25) is 5.91 Å². The maximum Gasteiger partial charge on any atom is 0.253 e. The van der Waals surface area contributed by atoms with Gasteiger partial charge in [-0.3, -0.25) is 9.59 Å². The first kappa shape index (κ1) is 29.3. The van der Waals surface area contributed by atoms with E-state index in [0.717, 1.165) is 25.9 Å². The molecule has 0 saturated carbocycles. The number of halogens is 3. The van der Waals surface area contributed by atoms with E-state index in [2.05, 4.69) is 5.32 Å². The van der Waals surface area contributed by atoms with Gasteiger partial charge in [0, 0.05) is 67.6 Å². The molecule has 0 radical (unpaired) electrons. The molecule has 9 nitrogen and oxygen atoms in total. The zero-order valence-corrected chi connectivity index (χ0v) is 24.8. The molecule has 1 N–H and O–H groups in total. The molecule has 0 aliphatic carbocycles.